The molecule has 2 nitrogen and oxygen atoms in total. The van der Waals surface area contributed by atoms with Gasteiger partial charge in [-0.25, -0.2) is 0 Å². The number of benzene rings is 1. The third kappa shape index (κ3) is 2.09. The van der Waals surface area contributed by atoms with Crippen molar-refractivity contribution in [3.8, 4) is 0 Å². The van der Waals surface area contributed by atoms with Crippen LogP contribution in [0.5, 0.6) is 0 Å². The summed E-state index contributed by atoms with van der Waals surface area (Å²) in [4.78, 5) is 17.3. The van der Waals surface area contributed by atoms with E-state index in [1.165, 1.54) is 11.3 Å². The van der Waals surface area contributed by atoms with E-state index in [1.807, 2.05) is 41.8 Å². The number of rotatable bonds is 2. The van der Waals surface area contributed by atoms with Crippen molar-refractivity contribution in [2.24, 2.45) is 0 Å². The molecule has 0 fully saturated rings. The van der Waals surface area contributed by atoms with Gasteiger partial charge in [-0.3, -0.25) is 9.78 Å². The summed E-state index contributed by atoms with van der Waals surface area (Å²) in [7, 11) is 0. The van der Waals surface area contributed by atoms with Gasteiger partial charge in [-0.15, -0.1) is 11.3 Å². The highest BCUT2D eigenvalue weighted by atomic mass is 79.9. The maximum absolute atomic E-state index is 12.3. The Morgan fingerprint density at radius 1 is 1.22 bits per heavy atom. The van der Waals surface area contributed by atoms with Crippen LogP contribution in [-0.4, -0.2) is 10.8 Å². The van der Waals surface area contributed by atoms with Gasteiger partial charge in [-0.05, 0) is 34.1 Å². The zero-order valence-corrected chi connectivity index (χ0v) is 11.7. The van der Waals surface area contributed by atoms with E-state index < -0.39 is 0 Å². The average molecular weight is 318 g/mol. The van der Waals surface area contributed by atoms with Crippen molar-refractivity contribution in [1.29, 1.82) is 0 Å². The second kappa shape index (κ2) is 4.63. The molecule has 0 aliphatic rings. The molecule has 0 saturated heterocycles. The Hall–Kier alpha value is -1.52. The molecule has 0 bridgehead atoms. The van der Waals surface area contributed by atoms with Crippen molar-refractivity contribution in [2.45, 2.75) is 0 Å². The van der Waals surface area contributed by atoms with E-state index in [1.54, 1.807) is 6.20 Å². The lowest BCUT2D eigenvalue weighted by atomic mass is 10.1. The number of aromatic nitrogens is 1. The van der Waals surface area contributed by atoms with Crippen LogP contribution >= 0.6 is 27.3 Å². The van der Waals surface area contributed by atoms with Gasteiger partial charge in [-0.2, -0.15) is 0 Å². The van der Waals surface area contributed by atoms with Gasteiger partial charge in [0.1, 0.15) is 0 Å². The number of hydrogen-bond donors (Lipinski definition) is 0. The first-order chi connectivity index (χ1) is 8.74. The Kier molecular flexibility index (Phi) is 2.97. The van der Waals surface area contributed by atoms with Crippen LogP contribution in [0.1, 0.15) is 15.2 Å². The second-order valence-electron chi connectivity index (χ2n) is 3.87. The van der Waals surface area contributed by atoms with Gasteiger partial charge in [0, 0.05) is 27.0 Å². The van der Waals surface area contributed by atoms with E-state index in [0.29, 0.717) is 5.56 Å². The Balaban J connectivity index is 2.06. The molecule has 2 aromatic heterocycles. The summed E-state index contributed by atoms with van der Waals surface area (Å²) in [5.74, 6) is 0.0175. The van der Waals surface area contributed by atoms with Gasteiger partial charge < -0.3 is 0 Å². The van der Waals surface area contributed by atoms with Gasteiger partial charge >= 0.3 is 0 Å². The van der Waals surface area contributed by atoms with Crippen molar-refractivity contribution < 1.29 is 4.79 Å². The number of carbonyl (C=O) groups is 1. The Morgan fingerprint density at radius 3 is 2.83 bits per heavy atom. The standard InChI is InChI=1S/C14H8BrNOS/c15-11-6-13(18-8-11)14(17)10-5-9-3-1-2-4-12(9)16-7-10/h1-8H. The van der Waals surface area contributed by atoms with E-state index >= 15 is 0 Å². The highest BCUT2D eigenvalue weighted by Gasteiger charge is 2.12. The minimum absolute atomic E-state index is 0.0175. The molecule has 18 heavy (non-hydrogen) atoms. The number of thiophene rings is 1. The topological polar surface area (TPSA) is 30.0 Å². The second-order valence-corrected chi connectivity index (χ2v) is 5.70. The van der Waals surface area contributed by atoms with E-state index in [2.05, 4.69) is 20.9 Å². The fourth-order valence-corrected chi connectivity index (χ4v) is 3.16. The van der Waals surface area contributed by atoms with Crippen molar-refractivity contribution in [2.75, 3.05) is 0 Å². The van der Waals surface area contributed by atoms with Crippen molar-refractivity contribution in [3.63, 3.8) is 0 Å². The lowest BCUT2D eigenvalue weighted by Crippen LogP contribution is -1.99. The first-order valence-electron chi connectivity index (χ1n) is 5.37. The van der Waals surface area contributed by atoms with Crippen molar-refractivity contribution >= 4 is 44.0 Å². The predicted molar refractivity (Wildman–Crippen MR) is 77.2 cm³/mol. The zero-order valence-electron chi connectivity index (χ0n) is 9.26. The van der Waals surface area contributed by atoms with Gasteiger partial charge in [0.15, 0.2) is 0 Å². The maximum Gasteiger partial charge on any atom is 0.204 e. The molecule has 0 unspecified atom stereocenters. The highest BCUT2D eigenvalue weighted by Crippen LogP contribution is 2.23. The van der Waals surface area contributed by atoms with Crippen molar-refractivity contribution in [3.05, 3.63) is 62.9 Å². The molecule has 0 aliphatic carbocycles. The van der Waals surface area contributed by atoms with Crippen LogP contribution < -0.4 is 0 Å². The van der Waals surface area contributed by atoms with Gasteiger partial charge in [0.25, 0.3) is 0 Å². The summed E-state index contributed by atoms with van der Waals surface area (Å²) in [6, 6.07) is 11.5. The number of fused-ring (bicyclic) bond motifs is 1. The molecule has 0 spiro atoms. The first-order valence-corrected chi connectivity index (χ1v) is 7.05. The van der Waals surface area contributed by atoms with E-state index in [0.717, 1.165) is 20.3 Å². The van der Waals surface area contributed by atoms with Crippen LogP contribution in [0.3, 0.4) is 0 Å². The molecule has 0 radical (unpaired) electrons. The number of nitrogens with zero attached hydrogens (tertiary/aromatic N) is 1. The average Bonchev–Trinajstić information content (AvgIpc) is 2.84. The molecule has 3 aromatic rings. The third-order valence-electron chi connectivity index (χ3n) is 2.64. The number of para-hydroxylation sites is 1. The summed E-state index contributed by atoms with van der Waals surface area (Å²) >= 11 is 4.79. The quantitative estimate of drug-likeness (QED) is 0.660. The van der Waals surface area contributed by atoms with Crippen molar-refractivity contribution in [1.82, 2.24) is 4.98 Å². The predicted octanol–water partition coefficient (Wildman–Crippen LogP) is 4.29. The fourth-order valence-electron chi connectivity index (χ4n) is 1.77. The molecule has 0 saturated carbocycles. The van der Waals surface area contributed by atoms with Crippen LogP contribution in [0.4, 0.5) is 0 Å². The van der Waals surface area contributed by atoms with E-state index in [9.17, 15) is 4.79 Å². The molecule has 1 aromatic carbocycles. The molecule has 0 N–H and O–H groups in total. The summed E-state index contributed by atoms with van der Waals surface area (Å²) < 4.78 is 0.935. The first kappa shape index (κ1) is 11.6. The maximum atomic E-state index is 12.3. The molecule has 0 atom stereocenters. The zero-order chi connectivity index (χ0) is 12.5. The largest absolute Gasteiger partial charge is 0.288 e. The van der Waals surface area contributed by atoms with Crippen LogP contribution in [0.25, 0.3) is 10.9 Å². The minimum atomic E-state index is 0.0175. The Labute approximate surface area is 116 Å². The SMILES string of the molecule is O=C(c1cnc2ccccc2c1)c1cc(Br)cs1. The third-order valence-corrected chi connectivity index (χ3v) is 4.33. The Morgan fingerprint density at radius 2 is 2.06 bits per heavy atom. The Bertz CT molecular complexity index is 735. The van der Waals surface area contributed by atoms with Gasteiger partial charge in [0.2, 0.25) is 5.78 Å². The fraction of sp³-hybridized carbons (Fsp3) is 0. The molecule has 0 amide bonds. The number of carbonyl (C=O) groups excluding carboxylic acids is 1. The summed E-state index contributed by atoms with van der Waals surface area (Å²) in [5.41, 5.74) is 1.53. The highest BCUT2D eigenvalue weighted by molar-refractivity contribution is 9.10. The van der Waals surface area contributed by atoms with E-state index in [-0.39, 0.29) is 5.78 Å². The lowest BCUT2D eigenvalue weighted by molar-refractivity contribution is 0.104. The number of ketones is 1. The van der Waals surface area contributed by atoms with E-state index in [4.69, 9.17) is 0 Å². The molecule has 2 heterocycles. The van der Waals surface area contributed by atoms with Gasteiger partial charge in [0.05, 0.1) is 10.4 Å². The molecule has 88 valence electrons. The number of pyridine rings is 1. The molecular weight excluding hydrogens is 310 g/mol. The van der Waals surface area contributed by atoms with Gasteiger partial charge in [-0.1, -0.05) is 18.2 Å². The molecular formula is C14H8BrNOS. The number of halogens is 1. The molecule has 4 heteroatoms. The van der Waals surface area contributed by atoms with Crippen LogP contribution in [0.15, 0.2) is 52.4 Å². The summed E-state index contributed by atoms with van der Waals surface area (Å²) in [6.07, 6.45) is 1.64. The minimum Gasteiger partial charge on any atom is -0.288 e. The molecule has 3 rings (SSSR count). The lowest BCUT2D eigenvalue weighted by Gasteiger charge is -2.00. The molecule has 0 aliphatic heterocycles. The normalized spacial score (nSPS) is 10.7. The summed E-state index contributed by atoms with van der Waals surface area (Å²) in [5, 5.41) is 2.89. The monoisotopic (exact) mass is 317 g/mol. The van der Waals surface area contributed by atoms with Crippen LogP contribution in [-0.2, 0) is 0 Å². The number of hydrogen-bond acceptors (Lipinski definition) is 3. The summed E-state index contributed by atoms with van der Waals surface area (Å²) in [6.45, 7) is 0. The van der Waals surface area contributed by atoms with Crippen LogP contribution in [0.2, 0.25) is 0 Å². The smallest absolute Gasteiger partial charge is 0.204 e. The van der Waals surface area contributed by atoms with Crippen LogP contribution in [0, 0.1) is 0 Å².